The van der Waals surface area contributed by atoms with Gasteiger partial charge in [-0.15, -0.1) is 0 Å². The zero-order chi connectivity index (χ0) is 10.6. The topological polar surface area (TPSA) is 72.8 Å². The average molecular weight is 218 g/mol. The summed E-state index contributed by atoms with van der Waals surface area (Å²) >= 11 is 0. The van der Waals surface area contributed by atoms with Gasteiger partial charge in [0.25, 0.3) is 10.1 Å². The van der Waals surface area contributed by atoms with E-state index in [0.717, 1.165) is 0 Å². The Kier molecular flexibility index (Phi) is 3.45. The molecule has 0 heterocycles. The minimum Gasteiger partial charge on any atom is -0.468 e. The summed E-state index contributed by atoms with van der Waals surface area (Å²) < 4.78 is 39.6. The van der Waals surface area contributed by atoms with Crippen LogP contribution in [-0.4, -0.2) is 26.9 Å². The molecule has 1 rings (SSSR count). The molecule has 1 aromatic rings. The second-order valence-corrected chi connectivity index (χ2v) is 3.92. The van der Waals surface area contributed by atoms with E-state index in [-0.39, 0.29) is 11.7 Å². The van der Waals surface area contributed by atoms with Crippen molar-refractivity contribution in [1.29, 1.82) is 0 Å². The van der Waals surface area contributed by atoms with Crippen molar-refractivity contribution < 1.29 is 22.4 Å². The van der Waals surface area contributed by atoms with E-state index in [2.05, 4.69) is 4.74 Å². The van der Waals surface area contributed by atoms with Crippen molar-refractivity contribution >= 4 is 10.1 Å². The highest BCUT2D eigenvalue weighted by Gasteiger charge is 2.08. The van der Waals surface area contributed by atoms with E-state index in [0.29, 0.717) is 5.75 Å². The molecule has 0 aromatic heterocycles. The smallest absolute Gasteiger partial charge is 0.294 e. The Balaban J connectivity index is 2.79. The Morgan fingerprint density at radius 2 is 1.86 bits per heavy atom. The van der Waals surface area contributed by atoms with Crippen LogP contribution in [0.3, 0.4) is 0 Å². The van der Waals surface area contributed by atoms with Gasteiger partial charge >= 0.3 is 0 Å². The van der Waals surface area contributed by atoms with Crippen molar-refractivity contribution in [2.45, 2.75) is 4.90 Å². The number of ether oxygens (including phenoxy) is 2. The van der Waals surface area contributed by atoms with E-state index >= 15 is 0 Å². The van der Waals surface area contributed by atoms with Crippen LogP contribution in [0, 0.1) is 0 Å². The van der Waals surface area contributed by atoms with Crippen molar-refractivity contribution in [2.24, 2.45) is 0 Å². The summed E-state index contributed by atoms with van der Waals surface area (Å²) in [5, 5.41) is 0. The molecule has 1 aromatic carbocycles. The molecule has 0 fully saturated rings. The number of hydrogen-bond donors (Lipinski definition) is 1. The molecule has 0 radical (unpaired) electrons. The lowest BCUT2D eigenvalue weighted by molar-refractivity contribution is 0.0511. The SMILES string of the molecule is COCOc1ccc(S(=O)(=O)O)cc1. The van der Waals surface area contributed by atoms with Crippen molar-refractivity contribution in [1.82, 2.24) is 0 Å². The molecule has 0 unspecified atom stereocenters. The van der Waals surface area contributed by atoms with Gasteiger partial charge in [0.2, 0.25) is 0 Å². The molecule has 0 bridgehead atoms. The second kappa shape index (κ2) is 4.41. The van der Waals surface area contributed by atoms with Crippen LogP contribution >= 0.6 is 0 Å². The molecule has 0 saturated heterocycles. The van der Waals surface area contributed by atoms with Gasteiger partial charge in [-0.2, -0.15) is 8.42 Å². The maximum Gasteiger partial charge on any atom is 0.294 e. The maximum absolute atomic E-state index is 10.6. The Morgan fingerprint density at radius 3 is 2.29 bits per heavy atom. The zero-order valence-corrected chi connectivity index (χ0v) is 8.32. The summed E-state index contributed by atoms with van der Waals surface area (Å²) in [6.45, 7) is 0.0885. The number of methoxy groups -OCH3 is 1. The van der Waals surface area contributed by atoms with Crippen LogP contribution < -0.4 is 4.74 Å². The normalized spacial score (nSPS) is 11.3. The molecule has 6 heteroatoms. The van der Waals surface area contributed by atoms with E-state index in [1.807, 2.05) is 0 Å². The van der Waals surface area contributed by atoms with Crippen LogP contribution in [0.15, 0.2) is 29.2 Å². The van der Waals surface area contributed by atoms with Crippen LogP contribution in [0.4, 0.5) is 0 Å². The Morgan fingerprint density at radius 1 is 1.29 bits per heavy atom. The van der Waals surface area contributed by atoms with E-state index in [1.54, 1.807) is 0 Å². The minimum atomic E-state index is -4.13. The van der Waals surface area contributed by atoms with Gasteiger partial charge in [0.05, 0.1) is 4.90 Å². The summed E-state index contributed by atoms with van der Waals surface area (Å²) in [5.41, 5.74) is 0. The van der Waals surface area contributed by atoms with Gasteiger partial charge in [-0.1, -0.05) is 0 Å². The van der Waals surface area contributed by atoms with Crippen molar-refractivity contribution in [3.8, 4) is 5.75 Å². The highest BCUT2D eigenvalue weighted by Crippen LogP contribution is 2.15. The van der Waals surface area contributed by atoms with Crippen LogP contribution in [-0.2, 0) is 14.9 Å². The monoisotopic (exact) mass is 218 g/mol. The fourth-order valence-electron chi connectivity index (χ4n) is 0.835. The minimum absolute atomic E-state index is 0.0885. The summed E-state index contributed by atoms with van der Waals surface area (Å²) in [6, 6.07) is 5.37. The molecular formula is C8H10O5S. The first-order chi connectivity index (χ1) is 6.54. The third-order valence-electron chi connectivity index (χ3n) is 1.47. The first-order valence-electron chi connectivity index (χ1n) is 3.73. The van der Waals surface area contributed by atoms with E-state index in [9.17, 15) is 8.42 Å². The van der Waals surface area contributed by atoms with Crippen LogP contribution in [0.1, 0.15) is 0 Å². The van der Waals surface area contributed by atoms with Crippen LogP contribution in [0.5, 0.6) is 5.75 Å². The number of rotatable bonds is 4. The van der Waals surface area contributed by atoms with Crippen molar-refractivity contribution in [3.63, 3.8) is 0 Å². The van der Waals surface area contributed by atoms with Gasteiger partial charge in [-0.3, -0.25) is 4.55 Å². The molecule has 0 amide bonds. The quantitative estimate of drug-likeness (QED) is 0.600. The van der Waals surface area contributed by atoms with Crippen molar-refractivity contribution in [3.05, 3.63) is 24.3 Å². The molecule has 0 aliphatic carbocycles. The highest BCUT2D eigenvalue weighted by atomic mass is 32.2. The lowest BCUT2D eigenvalue weighted by atomic mass is 10.3. The Labute approximate surface area is 82.0 Å². The summed E-state index contributed by atoms with van der Waals surface area (Å²) in [4.78, 5) is -0.165. The lowest BCUT2D eigenvalue weighted by Crippen LogP contribution is -2.00. The molecule has 0 saturated carbocycles. The van der Waals surface area contributed by atoms with Gasteiger partial charge in [0.15, 0.2) is 6.79 Å². The molecule has 0 spiro atoms. The van der Waals surface area contributed by atoms with Gasteiger partial charge in [0.1, 0.15) is 5.75 Å². The molecular weight excluding hydrogens is 208 g/mol. The first kappa shape index (κ1) is 11.0. The summed E-state index contributed by atoms with van der Waals surface area (Å²) in [5.74, 6) is 0.472. The molecule has 14 heavy (non-hydrogen) atoms. The third kappa shape index (κ3) is 2.99. The number of hydrogen-bond acceptors (Lipinski definition) is 4. The maximum atomic E-state index is 10.6. The Hall–Kier alpha value is -1.11. The number of benzene rings is 1. The van der Waals surface area contributed by atoms with Crippen molar-refractivity contribution in [2.75, 3.05) is 13.9 Å². The zero-order valence-electron chi connectivity index (χ0n) is 7.50. The van der Waals surface area contributed by atoms with E-state index in [1.165, 1.54) is 31.4 Å². The lowest BCUT2D eigenvalue weighted by Gasteiger charge is -2.04. The predicted octanol–water partition coefficient (Wildman–Crippen LogP) is 0.916. The molecule has 5 nitrogen and oxygen atoms in total. The third-order valence-corrected chi connectivity index (χ3v) is 2.33. The van der Waals surface area contributed by atoms with Gasteiger partial charge < -0.3 is 9.47 Å². The second-order valence-electron chi connectivity index (χ2n) is 2.50. The fourth-order valence-corrected chi connectivity index (χ4v) is 1.31. The average Bonchev–Trinajstić information content (AvgIpc) is 2.14. The Bertz CT molecular complexity index is 381. The van der Waals surface area contributed by atoms with Crippen LogP contribution in [0.25, 0.3) is 0 Å². The van der Waals surface area contributed by atoms with E-state index in [4.69, 9.17) is 9.29 Å². The van der Waals surface area contributed by atoms with Gasteiger partial charge in [0, 0.05) is 7.11 Å². The molecule has 0 aliphatic heterocycles. The van der Waals surface area contributed by atoms with Crippen LogP contribution in [0.2, 0.25) is 0 Å². The fraction of sp³-hybridized carbons (Fsp3) is 0.250. The molecule has 78 valence electrons. The predicted molar refractivity (Wildman–Crippen MR) is 48.8 cm³/mol. The molecule has 0 atom stereocenters. The largest absolute Gasteiger partial charge is 0.468 e. The molecule has 0 aliphatic rings. The standard InChI is InChI=1S/C8H10O5S/c1-12-6-13-7-2-4-8(5-3-7)14(9,10)11/h2-5H,6H2,1H3,(H,9,10,11). The highest BCUT2D eigenvalue weighted by molar-refractivity contribution is 7.85. The summed E-state index contributed by atoms with van der Waals surface area (Å²) in [7, 11) is -2.65. The van der Waals surface area contributed by atoms with Gasteiger partial charge in [-0.05, 0) is 24.3 Å². The van der Waals surface area contributed by atoms with E-state index < -0.39 is 10.1 Å². The summed E-state index contributed by atoms with van der Waals surface area (Å²) in [6.07, 6.45) is 0. The first-order valence-corrected chi connectivity index (χ1v) is 5.17. The molecule has 1 N–H and O–H groups in total. The van der Waals surface area contributed by atoms with Gasteiger partial charge in [-0.25, -0.2) is 0 Å².